The molecule has 16 heavy (non-hydrogen) atoms. The van der Waals surface area contributed by atoms with Gasteiger partial charge in [-0.3, -0.25) is 4.79 Å². The van der Waals surface area contributed by atoms with E-state index in [4.69, 9.17) is 9.84 Å². The van der Waals surface area contributed by atoms with E-state index in [0.717, 1.165) is 0 Å². The van der Waals surface area contributed by atoms with Crippen molar-refractivity contribution in [2.75, 3.05) is 26.8 Å². The van der Waals surface area contributed by atoms with Crippen molar-refractivity contribution < 1.29 is 14.6 Å². The maximum absolute atomic E-state index is 11.9. The molecule has 1 aliphatic heterocycles. The molecule has 0 atom stereocenters. The Balaban J connectivity index is 1.99. The predicted octanol–water partition coefficient (Wildman–Crippen LogP) is 0.155. The molecule has 1 aliphatic rings. The number of methoxy groups -OCH3 is 1. The van der Waals surface area contributed by atoms with Gasteiger partial charge < -0.3 is 14.7 Å². The van der Waals surface area contributed by atoms with Gasteiger partial charge in [0.05, 0.1) is 12.7 Å². The quantitative estimate of drug-likeness (QED) is 0.791. The highest BCUT2D eigenvalue weighted by Crippen LogP contribution is 2.18. The molecule has 0 aliphatic carbocycles. The van der Waals surface area contributed by atoms with Crippen LogP contribution in [0, 0.1) is 5.92 Å². The normalized spacial score (nSPS) is 15.8. The van der Waals surface area contributed by atoms with E-state index < -0.39 is 0 Å². The molecule has 1 aromatic rings. The first kappa shape index (κ1) is 10.9. The van der Waals surface area contributed by atoms with Crippen molar-refractivity contribution in [1.82, 2.24) is 9.88 Å². The summed E-state index contributed by atoms with van der Waals surface area (Å²) in [6, 6.07) is 3.36. The van der Waals surface area contributed by atoms with Crippen LogP contribution in [0.2, 0.25) is 0 Å². The smallest absolute Gasteiger partial charge is 0.255 e. The van der Waals surface area contributed by atoms with Gasteiger partial charge in [0, 0.05) is 37.9 Å². The fourth-order valence-electron chi connectivity index (χ4n) is 1.66. The van der Waals surface area contributed by atoms with Crippen LogP contribution in [0.15, 0.2) is 18.3 Å². The maximum atomic E-state index is 11.9. The molecule has 0 aromatic carbocycles. The van der Waals surface area contributed by atoms with Gasteiger partial charge in [0.1, 0.15) is 0 Å². The molecule has 1 aromatic heterocycles. The minimum atomic E-state index is -0.0418. The van der Waals surface area contributed by atoms with Crippen molar-refractivity contribution >= 4 is 5.91 Å². The number of nitrogens with zero attached hydrogens (tertiary/aromatic N) is 2. The highest BCUT2D eigenvalue weighted by Gasteiger charge is 2.30. The van der Waals surface area contributed by atoms with Crippen LogP contribution in [-0.2, 0) is 0 Å². The van der Waals surface area contributed by atoms with E-state index in [-0.39, 0.29) is 18.4 Å². The lowest BCUT2D eigenvalue weighted by molar-refractivity contribution is 0.0361. The van der Waals surface area contributed by atoms with Crippen molar-refractivity contribution in [3.8, 4) is 5.88 Å². The number of carbonyl (C=O) groups excluding carboxylic acids is 1. The molecular formula is C11H14N2O3. The SMILES string of the molecule is COc1ccc(C(=O)N2CC(CO)C2)cn1. The predicted molar refractivity (Wildman–Crippen MR) is 57.3 cm³/mol. The first-order valence-corrected chi connectivity index (χ1v) is 5.14. The fraction of sp³-hybridized carbons (Fsp3) is 0.455. The number of aromatic nitrogens is 1. The molecule has 0 bridgehead atoms. The lowest BCUT2D eigenvalue weighted by Crippen LogP contribution is -2.51. The summed E-state index contributed by atoms with van der Waals surface area (Å²) in [5.74, 6) is 0.684. The Labute approximate surface area is 93.7 Å². The van der Waals surface area contributed by atoms with Crippen LogP contribution in [0.1, 0.15) is 10.4 Å². The molecule has 2 rings (SSSR count). The highest BCUT2D eigenvalue weighted by molar-refractivity contribution is 5.94. The van der Waals surface area contributed by atoms with Crippen molar-refractivity contribution in [3.05, 3.63) is 23.9 Å². The van der Waals surface area contributed by atoms with Crippen molar-refractivity contribution in [2.24, 2.45) is 5.92 Å². The van der Waals surface area contributed by atoms with Gasteiger partial charge in [0.15, 0.2) is 0 Å². The number of likely N-dealkylation sites (tertiary alicyclic amines) is 1. The Kier molecular flexibility index (Phi) is 3.05. The zero-order chi connectivity index (χ0) is 11.5. The molecule has 0 unspecified atom stereocenters. The van der Waals surface area contributed by atoms with Crippen LogP contribution < -0.4 is 4.74 Å². The molecule has 1 amide bonds. The summed E-state index contributed by atoms with van der Waals surface area (Å²) < 4.78 is 4.92. The average molecular weight is 222 g/mol. The monoisotopic (exact) mass is 222 g/mol. The summed E-state index contributed by atoms with van der Waals surface area (Å²) in [5, 5.41) is 8.86. The summed E-state index contributed by atoms with van der Waals surface area (Å²) in [6.07, 6.45) is 1.51. The Morgan fingerprint density at radius 2 is 2.38 bits per heavy atom. The summed E-state index contributed by atoms with van der Waals surface area (Å²) >= 11 is 0. The molecule has 5 heteroatoms. The lowest BCUT2D eigenvalue weighted by Gasteiger charge is -2.38. The summed E-state index contributed by atoms with van der Waals surface area (Å²) in [5.41, 5.74) is 0.553. The number of hydrogen-bond donors (Lipinski definition) is 1. The topological polar surface area (TPSA) is 62.7 Å². The molecule has 0 saturated carbocycles. The maximum Gasteiger partial charge on any atom is 0.255 e. The molecule has 2 heterocycles. The second-order valence-corrected chi connectivity index (χ2v) is 3.85. The molecule has 0 radical (unpaired) electrons. The minimum absolute atomic E-state index is 0.0418. The summed E-state index contributed by atoms with van der Waals surface area (Å²) in [6.45, 7) is 1.40. The molecular weight excluding hydrogens is 208 g/mol. The van der Waals surface area contributed by atoms with Crippen LogP contribution in [0.3, 0.4) is 0 Å². The minimum Gasteiger partial charge on any atom is -0.481 e. The molecule has 86 valence electrons. The highest BCUT2D eigenvalue weighted by atomic mass is 16.5. The van der Waals surface area contributed by atoms with Crippen LogP contribution in [0.25, 0.3) is 0 Å². The van der Waals surface area contributed by atoms with Crippen molar-refractivity contribution in [2.45, 2.75) is 0 Å². The number of carbonyl (C=O) groups is 1. The first-order valence-electron chi connectivity index (χ1n) is 5.14. The number of aliphatic hydroxyl groups is 1. The van der Waals surface area contributed by atoms with Crippen LogP contribution in [-0.4, -0.2) is 47.7 Å². The molecule has 1 N–H and O–H groups in total. The van der Waals surface area contributed by atoms with Gasteiger partial charge in [0.2, 0.25) is 5.88 Å². The van der Waals surface area contributed by atoms with Gasteiger partial charge in [-0.2, -0.15) is 0 Å². The first-order chi connectivity index (χ1) is 7.74. The molecule has 1 saturated heterocycles. The Hall–Kier alpha value is -1.62. The summed E-state index contributed by atoms with van der Waals surface area (Å²) in [4.78, 5) is 17.5. The van der Waals surface area contributed by atoms with Crippen LogP contribution in [0.4, 0.5) is 0 Å². The van der Waals surface area contributed by atoms with E-state index in [1.165, 1.54) is 13.3 Å². The largest absolute Gasteiger partial charge is 0.481 e. The number of hydrogen-bond acceptors (Lipinski definition) is 4. The number of amides is 1. The lowest BCUT2D eigenvalue weighted by atomic mass is 10.0. The van der Waals surface area contributed by atoms with Gasteiger partial charge >= 0.3 is 0 Å². The Morgan fingerprint density at radius 1 is 1.62 bits per heavy atom. The van der Waals surface area contributed by atoms with E-state index in [1.54, 1.807) is 17.0 Å². The van der Waals surface area contributed by atoms with Gasteiger partial charge in [-0.25, -0.2) is 4.98 Å². The van der Waals surface area contributed by atoms with Crippen molar-refractivity contribution in [3.63, 3.8) is 0 Å². The third-order valence-electron chi connectivity index (χ3n) is 2.70. The number of rotatable bonds is 3. The van der Waals surface area contributed by atoms with Crippen LogP contribution >= 0.6 is 0 Å². The van der Waals surface area contributed by atoms with Gasteiger partial charge in [-0.1, -0.05) is 0 Å². The third-order valence-corrected chi connectivity index (χ3v) is 2.70. The van der Waals surface area contributed by atoms with Gasteiger partial charge in [-0.05, 0) is 6.07 Å². The van der Waals surface area contributed by atoms with Crippen LogP contribution in [0.5, 0.6) is 5.88 Å². The van der Waals surface area contributed by atoms with E-state index in [2.05, 4.69) is 4.98 Å². The van der Waals surface area contributed by atoms with E-state index >= 15 is 0 Å². The zero-order valence-corrected chi connectivity index (χ0v) is 9.09. The molecule has 1 fully saturated rings. The molecule has 0 spiro atoms. The number of ether oxygens (including phenoxy) is 1. The standard InChI is InChI=1S/C11H14N2O3/c1-16-10-3-2-9(4-12-10)11(15)13-5-8(6-13)7-14/h2-4,8,14H,5-7H2,1H3. The second-order valence-electron chi connectivity index (χ2n) is 3.85. The number of aliphatic hydroxyl groups excluding tert-OH is 1. The molecule has 5 nitrogen and oxygen atoms in total. The van der Waals surface area contributed by atoms with Gasteiger partial charge in [0.25, 0.3) is 5.91 Å². The zero-order valence-electron chi connectivity index (χ0n) is 9.09. The fourth-order valence-corrected chi connectivity index (χ4v) is 1.66. The van der Waals surface area contributed by atoms with E-state index in [9.17, 15) is 4.79 Å². The Morgan fingerprint density at radius 3 is 2.88 bits per heavy atom. The van der Waals surface area contributed by atoms with E-state index in [0.29, 0.717) is 24.5 Å². The second kappa shape index (κ2) is 4.49. The van der Waals surface area contributed by atoms with Crippen molar-refractivity contribution in [1.29, 1.82) is 0 Å². The Bertz CT molecular complexity index is 371. The number of pyridine rings is 1. The summed E-state index contributed by atoms with van der Waals surface area (Å²) in [7, 11) is 1.53. The van der Waals surface area contributed by atoms with E-state index in [1.807, 2.05) is 0 Å². The van der Waals surface area contributed by atoms with Gasteiger partial charge in [-0.15, -0.1) is 0 Å². The average Bonchev–Trinajstić information content (AvgIpc) is 2.27. The third kappa shape index (κ3) is 1.99.